The Morgan fingerprint density at radius 1 is 1.35 bits per heavy atom. The fraction of sp³-hybridized carbons (Fsp3) is 0.222. The highest BCUT2D eigenvalue weighted by molar-refractivity contribution is 9.10. The highest BCUT2D eigenvalue weighted by Gasteiger charge is 2.25. The molecule has 0 radical (unpaired) electrons. The third-order valence-electron chi connectivity index (χ3n) is 2.33. The van der Waals surface area contributed by atoms with E-state index in [0.717, 1.165) is 4.68 Å². The molecule has 11 heteroatoms. The van der Waals surface area contributed by atoms with Gasteiger partial charge >= 0.3 is 0 Å². The van der Waals surface area contributed by atoms with Crippen LogP contribution < -0.4 is 4.72 Å². The van der Waals surface area contributed by atoms with Gasteiger partial charge in [-0.25, -0.2) is 9.67 Å². The summed E-state index contributed by atoms with van der Waals surface area (Å²) >= 11 is 14.8. The summed E-state index contributed by atoms with van der Waals surface area (Å²) in [5.74, 6) is -0.0123. The number of hydrogen-bond donors (Lipinski definition) is 1. The Hall–Kier alpha value is -0.900. The Kier molecular flexibility index (Phi) is 4.24. The van der Waals surface area contributed by atoms with Crippen molar-refractivity contribution in [2.45, 2.75) is 11.9 Å². The maximum Gasteiger partial charge on any atom is 0.283 e. The Balaban J connectivity index is 2.47. The summed E-state index contributed by atoms with van der Waals surface area (Å²) in [6, 6.07) is 1.42. The summed E-state index contributed by atoms with van der Waals surface area (Å²) in [4.78, 5) is 4.01. The van der Waals surface area contributed by atoms with Crippen LogP contribution in [-0.2, 0) is 17.1 Å². The predicted molar refractivity (Wildman–Crippen MR) is 78.5 cm³/mol. The summed E-state index contributed by atoms with van der Waals surface area (Å²) in [6.45, 7) is 1.64. The van der Waals surface area contributed by atoms with E-state index in [-0.39, 0.29) is 20.5 Å². The fourth-order valence-corrected chi connectivity index (χ4v) is 4.00. The van der Waals surface area contributed by atoms with Crippen LogP contribution in [0.2, 0.25) is 10.0 Å². The van der Waals surface area contributed by atoms with Crippen molar-refractivity contribution in [3.05, 3.63) is 26.4 Å². The van der Waals surface area contributed by atoms with Gasteiger partial charge in [0.15, 0.2) is 10.4 Å². The lowest BCUT2D eigenvalue weighted by Crippen LogP contribution is -2.18. The molecular formula is C9H8BrCl2N5O2S. The lowest BCUT2D eigenvalue weighted by atomic mass is 10.4. The number of hydrogen-bond acceptors (Lipinski definition) is 5. The maximum absolute atomic E-state index is 12.3. The molecule has 1 N–H and O–H groups in total. The van der Waals surface area contributed by atoms with E-state index in [9.17, 15) is 8.42 Å². The lowest BCUT2D eigenvalue weighted by Gasteiger charge is -2.10. The summed E-state index contributed by atoms with van der Waals surface area (Å²) < 4.78 is 28.0. The normalized spacial score (nSPS) is 11.7. The van der Waals surface area contributed by atoms with E-state index in [1.165, 1.54) is 13.1 Å². The standard InChI is InChI=1S/C9H8BrCl2N5O2S/c1-4-5(11)3-6(12)8(13-4)15-20(18,19)9-7(10)14-16-17(9)2/h3H,1-2H3,(H,13,15). The number of halogens is 3. The molecule has 0 saturated carbocycles. The molecule has 0 amide bonds. The Bertz CT molecular complexity index is 757. The van der Waals surface area contributed by atoms with Gasteiger partial charge in [0.1, 0.15) is 0 Å². The largest absolute Gasteiger partial charge is 0.283 e. The molecule has 2 rings (SSSR count). The summed E-state index contributed by atoms with van der Waals surface area (Å²) in [6.07, 6.45) is 0. The molecule has 0 aliphatic rings. The van der Waals surface area contributed by atoms with Crippen LogP contribution in [0, 0.1) is 6.92 Å². The van der Waals surface area contributed by atoms with E-state index in [4.69, 9.17) is 23.2 Å². The van der Waals surface area contributed by atoms with Gasteiger partial charge in [-0.2, -0.15) is 8.42 Å². The third-order valence-corrected chi connectivity index (χ3v) is 5.22. The van der Waals surface area contributed by atoms with Crippen LogP contribution in [0.25, 0.3) is 0 Å². The van der Waals surface area contributed by atoms with Crippen molar-refractivity contribution in [1.29, 1.82) is 0 Å². The van der Waals surface area contributed by atoms with Crippen molar-refractivity contribution in [3.63, 3.8) is 0 Å². The van der Waals surface area contributed by atoms with Crippen molar-refractivity contribution in [2.24, 2.45) is 7.05 Å². The molecule has 0 fully saturated rings. The van der Waals surface area contributed by atoms with E-state index in [1.807, 2.05) is 0 Å². The zero-order chi connectivity index (χ0) is 15.1. The number of anilines is 1. The minimum absolute atomic E-state index is 0.0123. The van der Waals surface area contributed by atoms with Gasteiger partial charge < -0.3 is 0 Å². The number of aromatic nitrogens is 4. The van der Waals surface area contributed by atoms with Gasteiger partial charge in [0.25, 0.3) is 10.0 Å². The molecule has 0 unspecified atom stereocenters. The van der Waals surface area contributed by atoms with Gasteiger partial charge in [-0.15, -0.1) is 5.10 Å². The number of nitrogens with one attached hydrogen (secondary N) is 1. The first-order valence-corrected chi connectivity index (χ1v) is 8.16. The van der Waals surface area contributed by atoms with E-state index in [1.54, 1.807) is 6.92 Å². The average molecular weight is 401 g/mol. The maximum atomic E-state index is 12.3. The van der Waals surface area contributed by atoms with Gasteiger partial charge in [-0.1, -0.05) is 28.4 Å². The molecule has 0 aliphatic heterocycles. The molecule has 0 saturated heterocycles. The first-order chi connectivity index (χ1) is 9.22. The fourth-order valence-electron chi connectivity index (χ4n) is 1.41. The molecule has 20 heavy (non-hydrogen) atoms. The minimum Gasteiger partial charge on any atom is -0.261 e. The second kappa shape index (κ2) is 5.47. The van der Waals surface area contributed by atoms with E-state index < -0.39 is 10.0 Å². The van der Waals surface area contributed by atoms with E-state index in [2.05, 4.69) is 35.9 Å². The summed E-state index contributed by atoms with van der Waals surface area (Å²) in [7, 11) is -2.48. The molecule has 0 aliphatic carbocycles. The van der Waals surface area contributed by atoms with Crippen LogP contribution in [0.4, 0.5) is 5.82 Å². The second-order valence-electron chi connectivity index (χ2n) is 3.80. The molecule has 0 aromatic carbocycles. The van der Waals surface area contributed by atoms with Crippen molar-refractivity contribution in [1.82, 2.24) is 20.0 Å². The highest BCUT2D eigenvalue weighted by Crippen LogP contribution is 2.28. The molecule has 108 valence electrons. The van der Waals surface area contributed by atoms with Crippen molar-refractivity contribution in [2.75, 3.05) is 4.72 Å². The SMILES string of the molecule is Cc1nc(NS(=O)(=O)c2c(Br)nnn2C)c(Cl)cc1Cl. The number of nitrogens with zero attached hydrogens (tertiary/aromatic N) is 4. The van der Waals surface area contributed by atoms with Crippen molar-refractivity contribution < 1.29 is 8.42 Å². The predicted octanol–water partition coefficient (Wildman–Crippen LogP) is 2.39. The monoisotopic (exact) mass is 399 g/mol. The number of pyridine rings is 1. The van der Waals surface area contributed by atoms with Crippen LogP contribution in [0.15, 0.2) is 15.7 Å². The zero-order valence-corrected chi connectivity index (χ0v) is 14.1. The van der Waals surface area contributed by atoms with Gasteiger partial charge in [0.05, 0.1) is 15.7 Å². The quantitative estimate of drug-likeness (QED) is 0.854. The molecule has 2 heterocycles. The van der Waals surface area contributed by atoms with Crippen molar-refractivity contribution >= 4 is 55.0 Å². The molecule has 0 atom stereocenters. The molecular weight excluding hydrogens is 393 g/mol. The van der Waals surface area contributed by atoms with Crippen LogP contribution in [-0.4, -0.2) is 28.4 Å². The van der Waals surface area contributed by atoms with Gasteiger partial charge in [-0.3, -0.25) is 4.72 Å². The van der Waals surface area contributed by atoms with E-state index in [0.29, 0.717) is 10.7 Å². The molecule has 7 nitrogen and oxygen atoms in total. The molecule has 2 aromatic rings. The van der Waals surface area contributed by atoms with Gasteiger partial charge in [-0.05, 0) is 28.9 Å². The molecule has 0 spiro atoms. The Morgan fingerprint density at radius 2 is 2.00 bits per heavy atom. The first-order valence-electron chi connectivity index (χ1n) is 5.13. The lowest BCUT2D eigenvalue weighted by molar-refractivity contribution is 0.578. The van der Waals surface area contributed by atoms with Gasteiger partial charge in [0, 0.05) is 7.05 Å². The van der Waals surface area contributed by atoms with Gasteiger partial charge in [0.2, 0.25) is 5.03 Å². The average Bonchev–Trinajstić information content (AvgIpc) is 2.66. The summed E-state index contributed by atoms with van der Waals surface area (Å²) in [5.41, 5.74) is 0.455. The third kappa shape index (κ3) is 2.90. The minimum atomic E-state index is -3.93. The number of rotatable bonds is 3. The van der Waals surface area contributed by atoms with Crippen molar-refractivity contribution in [3.8, 4) is 0 Å². The zero-order valence-electron chi connectivity index (χ0n) is 10.2. The molecule has 0 bridgehead atoms. The Morgan fingerprint density at radius 3 is 2.55 bits per heavy atom. The van der Waals surface area contributed by atoms with Crippen LogP contribution in [0.3, 0.4) is 0 Å². The topological polar surface area (TPSA) is 89.8 Å². The Labute approximate surface area is 133 Å². The second-order valence-corrected chi connectivity index (χ2v) is 6.96. The van der Waals surface area contributed by atoms with E-state index >= 15 is 0 Å². The molecule has 2 aromatic heterocycles. The number of sulfonamides is 1. The van der Waals surface area contributed by atoms with Crippen LogP contribution in [0.1, 0.15) is 5.69 Å². The highest BCUT2D eigenvalue weighted by atomic mass is 79.9. The smallest absolute Gasteiger partial charge is 0.261 e. The van der Waals surface area contributed by atoms with Crippen LogP contribution in [0.5, 0.6) is 0 Å². The number of aryl methyl sites for hydroxylation is 2. The first kappa shape index (κ1) is 15.5. The summed E-state index contributed by atoms with van der Waals surface area (Å²) in [5, 5.41) is 7.52. The van der Waals surface area contributed by atoms with Crippen LogP contribution >= 0.6 is 39.1 Å².